The average Bonchev–Trinajstić information content (AvgIpc) is 2.80. The molecule has 0 aromatic carbocycles. The molecule has 1 atom stereocenters. The van der Waals surface area contributed by atoms with Crippen LogP contribution in [0.5, 0.6) is 0 Å². The molecule has 7 heteroatoms. The highest BCUT2D eigenvalue weighted by molar-refractivity contribution is 6.30. The van der Waals surface area contributed by atoms with Crippen LogP contribution in [0.15, 0.2) is 18.3 Å². The fourth-order valence-corrected chi connectivity index (χ4v) is 2.22. The van der Waals surface area contributed by atoms with E-state index in [0.29, 0.717) is 23.8 Å². The number of nitrogens with zero attached hydrogens (tertiary/aromatic N) is 2. The maximum atomic E-state index is 11.8. The molecule has 0 unspecified atom stereocenters. The number of nitrogens with one attached hydrogen (secondary N) is 1. The number of amides is 1. The number of likely N-dealkylation sites (tertiary alicyclic amines) is 1. The molecule has 6 nitrogen and oxygen atoms in total. The SMILES string of the molecule is O=C(CN1CCC[C@H]1C(=O)O)Nc1ccc(Cl)cn1. The van der Waals surface area contributed by atoms with Gasteiger partial charge in [0.2, 0.25) is 5.91 Å². The van der Waals surface area contributed by atoms with Crippen molar-refractivity contribution in [1.29, 1.82) is 0 Å². The van der Waals surface area contributed by atoms with Gasteiger partial charge in [-0.2, -0.15) is 0 Å². The Kier molecular flexibility index (Phi) is 4.34. The van der Waals surface area contributed by atoms with Gasteiger partial charge in [-0.15, -0.1) is 0 Å². The molecule has 2 N–H and O–H groups in total. The van der Waals surface area contributed by atoms with Crippen LogP contribution in [-0.4, -0.2) is 46.0 Å². The molecule has 0 bridgehead atoms. The molecule has 0 aliphatic carbocycles. The van der Waals surface area contributed by atoms with Crippen LogP contribution in [0.1, 0.15) is 12.8 Å². The molecule has 2 heterocycles. The van der Waals surface area contributed by atoms with Gasteiger partial charge in [0.15, 0.2) is 0 Å². The van der Waals surface area contributed by atoms with Crippen molar-refractivity contribution in [2.24, 2.45) is 0 Å². The molecule has 0 radical (unpaired) electrons. The van der Waals surface area contributed by atoms with Crippen LogP contribution in [0.2, 0.25) is 5.02 Å². The van der Waals surface area contributed by atoms with Gasteiger partial charge in [-0.05, 0) is 31.5 Å². The number of pyridine rings is 1. The van der Waals surface area contributed by atoms with Crippen LogP contribution in [0.3, 0.4) is 0 Å². The summed E-state index contributed by atoms with van der Waals surface area (Å²) >= 11 is 5.69. The summed E-state index contributed by atoms with van der Waals surface area (Å²) in [5.74, 6) is -0.752. The molecule has 0 saturated carbocycles. The Morgan fingerprint density at radius 3 is 2.95 bits per heavy atom. The Hall–Kier alpha value is -1.66. The first kappa shape index (κ1) is 13.8. The van der Waals surface area contributed by atoms with Crippen molar-refractivity contribution < 1.29 is 14.7 Å². The van der Waals surface area contributed by atoms with Crippen molar-refractivity contribution in [1.82, 2.24) is 9.88 Å². The molecular formula is C12H14ClN3O3. The number of rotatable bonds is 4. The number of aliphatic carboxylic acids is 1. The van der Waals surface area contributed by atoms with E-state index in [1.807, 2.05) is 0 Å². The summed E-state index contributed by atoms with van der Waals surface area (Å²) < 4.78 is 0. The van der Waals surface area contributed by atoms with E-state index in [4.69, 9.17) is 16.7 Å². The van der Waals surface area contributed by atoms with Crippen molar-refractivity contribution >= 4 is 29.3 Å². The van der Waals surface area contributed by atoms with Gasteiger partial charge in [0.05, 0.1) is 11.6 Å². The highest BCUT2D eigenvalue weighted by Gasteiger charge is 2.31. The normalized spacial score (nSPS) is 19.3. The van der Waals surface area contributed by atoms with Crippen LogP contribution in [0.4, 0.5) is 5.82 Å². The average molecular weight is 284 g/mol. The lowest BCUT2D eigenvalue weighted by Crippen LogP contribution is -2.41. The second-order valence-electron chi connectivity index (χ2n) is 4.38. The number of carbonyl (C=O) groups is 2. The maximum absolute atomic E-state index is 11.8. The van der Waals surface area contributed by atoms with Crippen molar-refractivity contribution in [3.05, 3.63) is 23.4 Å². The van der Waals surface area contributed by atoms with E-state index in [1.54, 1.807) is 17.0 Å². The van der Waals surface area contributed by atoms with Crippen LogP contribution in [-0.2, 0) is 9.59 Å². The van der Waals surface area contributed by atoms with E-state index in [1.165, 1.54) is 6.20 Å². The molecule has 1 fully saturated rings. The van der Waals surface area contributed by atoms with Gasteiger partial charge < -0.3 is 10.4 Å². The molecule has 2 rings (SSSR count). The van der Waals surface area contributed by atoms with Crippen molar-refractivity contribution in [3.8, 4) is 0 Å². The van der Waals surface area contributed by atoms with E-state index >= 15 is 0 Å². The van der Waals surface area contributed by atoms with Gasteiger partial charge in [0.25, 0.3) is 0 Å². The number of carboxylic acids is 1. The summed E-state index contributed by atoms with van der Waals surface area (Å²) in [7, 11) is 0. The Morgan fingerprint density at radius 1 is 1.53 bits per heavy atom. The monoisotopic (exact) mass is 283 g/mol. The molecular weight excluding hydrogens is 270 g/mol. The molecule has 19 heavy (non-hydrogen) atoms. The van der Waals surface area contributed by atoms with Gasteiger partial charge in [-0.25, -0.2) is 4.98 Å². The first-order chi connectivity index (χ1) is 9.06. The second kappa shape index (κ2) is 5.99. The Balaban J connectivity index is 1.90. The standard InChI is InChI=1S/C12H14ClN3O3/c13-8-3-4-10(14-6-8)15-11(17)7-16-5-1-2-9(16)12(18)19/h3-4,6,9H,1-2,5,7H2,(H,18,19)(H,14,15,17)/t9-/m0/s1. The fourth-order valence-electron chi connectivity index (χ4n) is 2.11. The minimum Gasteiger partial charge on any atom is -0.480 e. The zero-order valence-electron chi connectivity index (χ0n) is 10.2. The van der Waals surface area contributed by atoms with Gasteiger partial charge >= 0.3 is 5.97 Å². The van der Waals surface area contributed by atoms with Crippen molar-refractivity contribution in [2.45, 2.75) is 18.9 Å². The highest BCUT2D eigenvalue weighted by atomic mass is 35.5. The third kappa shape index (κ3) is 3.65. The van der Waals surface area contributed by atoms with E-state index in [0.717, 1.165) is 6.42 Å². The minimum atomic E-state index is -0.880. The van der Waals surface area contributed by atoms with Crippen molar-refractivity contribution in [2.75, 3.05) is 18.4 Å². The Labute approximate surface area is 115 Å². The zero-order valence-corrected chi connectivity index (χ0v) is 10.9. The molecule has 1 aliphatic rings. The quantitative estimate of drug-likeness (QED) is 0.868. The largest absolute Gasteiger partial charge is 0.480 e. The van der Waals surface area contributed by atoms with Crippen LogP contribution >= 0.6 is 11.6 Å². The molecule has 1 aromatic rings. The van der Waals surface area contributed by atoms with Crippen LogP contribution in [0.25, 0.3) is 0 Å². The summed E-state index contributed by atoms with van der Waals surface area (Å²) in [5, 5.41) is 12.1. The summed E-state index contributed by atoms with van der Waals surface area (Å²) in [6.07, 6.45) is 2.82. The first-order valence-corrected chi connectivity index (χ1v) is 6.32. The summed E-state index contributed by atoms with van der Waals surface area (Å²) in [4.78, 5) is 28.4. The topological polar surface area (TPSA) is 82.5 Å². The number of halogens is 1. The van der Waals surface area contributed by atoms with E-state index in [9.17, 15) is 9.59 Å². The summed E-state index contributed by atoms with van der Waals surface area (Å²) in [6, 6.07) is 2.66. The first-order valence-electron chi connectivity index (χ1n) is 5.94. The van der Waals surface area contributed by atoms with E-state index in [2.05, 4.69) is 10.3 Å². The molecule has 0 spiro atoms. The third-order valence-corrected chi connectivity index (χ3v) is 3.21. The molecule has 1 saturated heterocycles. The predicted molar refractivity (Wildman–Crippen MR) is 70.1 cm³/mol. The minimum absolute atomic E-state index is 0.0568. The predicted octanol–water partition coefficient (Wildman–Crippen LogP) is 1.22. The Bertz CT molecular complexity index is 478. The molecule has 1 aromatic heterocycles. The van der Waals surface area contributed by atoms with Crippen LogP contribution in [0, 0.1) is 0 Å². The Morgan fingerprint density at radius 2 is 2.32 bits per heavy atom. The van der Waals surface area contributed by atoms with Gasteiger partial charge in [0, 0.05) is 6.20 Å². The van der Waals surface area contributed by atoms with Crippen molar-refractivity contribution in [3.63, 3.8) is 0 Å². The number of carboxylic acid groups (broad SMARTS) is 1. The highest BCUT2D eigenvalue weighted by Crippen LogP contribution is 2.17. The number of aromatic nitrogens is 1. The fraction of sp³-hybridized carbons (Fsp3) is 0.417. The van der Waals surface area contributed by atoms with E-state index in [-0.39, 0.29) is 12.5 Å². The number of hydrogen-bond acceptors (Lipinski definition) is 4. The molecule has 1 aliphatic heterocycles. The van der Waals surface area contributed by atoms with Gasteiger partial charge in [-0.3, -0.25) is 14.5 Å². The van der Waals surface area contributed by atoms with Gasteiger partial charge in [-0.1, -0.05) is 11.6 Å². The van der Waals surface area contributed by atoms with Gasteiger partial charge in [0.1, 0.15) is 11.9 Å². The summed E-state index contributed by atoms with van der Waals surface area (Å²) in [5.41, 5.74) is 0. The maximum Gasteiger partial charge on any atom is 0.320 e. The lowest BCUT2D eigenvalue weighted by molar-refractivity contribution is -0.142. The zero-order chi connectivity index (χ0) is 13.8. The van der Waals surface area contributed by atoms with Crippen LogP contribution < -0.4 is 5.32 Å². The lowest BCUT2D eigenvalue weighted by atomic mass is 10.2. The number of hydrogen-bond donors (Lipinski definition) is 2. The number of carbonyl (C=O) groups excluding carboxylic acids is 1. The summed E-state index contributed by atoms with van der Waals surface area (Å²) in [6.45, 7) is 0.680. The molecule has 102 valence electrons. The second-order valence-corrected chi connectivity index (χ2v) is 4.81. The smallest absolute Gasteiger partial charge is 0.320 e. The van der Waals surface area contributed by atoms with E-state index < -0.39 is 12.0 Å². The number of anilines is 1. The third-order valence-electron chi connectivity index (χ3n) is 2.99. The molecule has 1 amide bonds. The lowest BCUT2D eigenvalue weighted by Gasteiger charge is -2.19.